The van der Waals surface area contributed by atoms with Crippen LogP contribution in [0.2, 0.25) is 0 Å². The fourth-order valence-electron chi connectivity index (χ4n) is 5.54. The maximum atomic E-state index is 13.5. The van der Waals surface area contributed by atoms with Gasteiger partial charge in [-0.05, 0) is 43.1 Å². The third kappa shape index (κ3) is 4.80. The van der Waals surface area contributed by atoms with Gasteiger partial charge in [-0.25, -0.2) is 9.97 Å². The lowest BCUT2D eigenvalue weighted by Crippen LogP contribution is -2.41. The van der Waals surface area contributed by atoms with Crippen molar-refractivity contribution in [3.05, 3.63) is 42.1 Å². The van der Waals surface area contributed by atoms with Crippen LogP contribution in [0, 0.1) is 10.8 Å². The summed E-state index contributed by atoms with van der Waals surface area (Å²) in [5, 5.41) is -0.610. The highest BCUT2D eigenvalue weighted by Crippen LogP contribution is 2.52. The predicted octanol–water partition coefficient (Wildman–Crippen LogP) is 6.07. The van der Waals surface area contributed by atoms with Gasteiger partial charge in [0.25, 0.3) is 0 Å². The number of benzene rings is 1. The number of rotatable bonds is 4. The molecule has 2 fully saturated rings. The van der Waals surface area contributed by atoms with Gasteiger partial charge < -0.3 is 4.90 Å². The summed E-state index contributed by atoms with van der Waals surface area (Å²) in [5.74, 6) is -0.0521. The first-order valence-electron chi connectivity index (χ1n) is 10.8. The minimum absolute atomic E-state index is 0.0340. The van der Waals surface area contributed by atoms with Gasteiger partial charge in [0.05, 0.1) is 10.9 Å². The number of fused-ring (bicyclic) bond motifs is 2. The smallest absolute Gasteiger partial charge is 0.338 e. The fourth-order valence-corrected chi connectivity index (χ4v) is 6.39. The SMILES string of the molecule is CC(Sc1nc(-c2ccccc2)cc(C(F)(F)F)n1)C(=O)N1CC2(C)CC1CC(C)(C)C2. The average molecular weight is 464 g/mol. The minimum atomic E-state index is -4.60. The maximum absolute atomic E-state index is 13.5. The quantitative estimate of drug-likeness (QED) is 0.408. The Labute approximate surface area is 191 Å². The molecule has 8 heteroatoms. The summed E-state index contributed by atoms with van der Waals surface area (Å²) < 4.78 is 40.5. The first kappa shape index (κ1) is 23.1. The second-order valence-corrected chi connectivity index (χ2v) is 11.5. The molecule has 2 bridgehead atoms. The molecule has 1 aromatic carbocycles. The molecule has 0 radical (unpaired) electrons. The second-order valence-electron chi connectivity index (χ2n) is 10.2. The van der Waals surface area contributed by atoms with Crippen LogP contribution >= 0.6 is 11.8 Å². The number of hydrogen-bond acceptors (Lipinski definition) is 4. The van der Waals surface area contributed by atoms with Crippen LogP contribution in [0.3, 0.4) is 0 Å². The van der Waals surface area contributed by atoms with Crippen molar-refractivity contribution in [2.24, 2.45) is 10.8 Å². The lowest BCUT2D eigenvalue weighted by Gasteiger charge is -2.39. The van der Waals surface area contributed by atoms with Crippen LogP contribution in [0.1, 0.15) is 52.7 Å². The van der Waals surface area contributed by atoms with Crippen molar-refractivity contribution < 1.29 is 18.0 Å². The number of amides is 1. The number of hydrogen-bond donors (Lipinski definition) is 0. The standard InChI is InChI=1S/C24H28F3N3OS/c1-15(20(31)30-14-23(4)12-17(30)11-22(2,3)13-23)32-21-28-18(16-8-6-5-7-9-16)10-19(29-21)24(25,26)27/h5-10,15,17H,11-14H2,1-4H3. The summed E-state index contributed by atoms with van der Waals surface area (Å²) in [4.78, 5) is 23.3. The molecule has 1 aliphatic carbocycles. The van der Waals surface area contributed by atoms with Crippen molar-refractivity contribution in [3.8, 4) is 11.3 Å². The number of carbonyl (C=O) groups is 1. The molecule has 1 aromatic heterocycles. The molecule has 1 saturated heterocycles. The molecule has 4 nitrogen and oxygen atoms in total. The van der Waals surface area contributed by atoms with E-state index in [0.717, 1.165) is 37.1 Å². The zero-order valence-electron chi connectivity index (χ0n) is 18.7. The summed E-state index contributed by atoms with van der Waals surface area (Å²) in [7, 11) is 0. The van der Waals surface area contributed by atoms with E-state index in [-0.39, 0.29) is 33.6 Å². The van der Waals surface area contributed by atoms with Crippen molar-refractivity contribution in [1.82, 2.24) is 14.9 Å². The lowest BCUT2D eigenvalue weighted by atomic mass is 9.65. The molecule has 2 aliphatic rings. The van der Waals surface area contributed by atoms with Gasteiger partial charge in [-0.2, -0.15) is 13.2 Å². The summed E-state index contributed by atoms with van der Waals surface area (Å²) in [6.45, 7) is 9.14. The number of aromatic nitrogens is 2. The van der Waals surface area contributed by atoms with E-state index in [1.54, 1.807) is 37.3 Å². The van der Waals surface area contributed by atoms with E-state index in [9.17, 15) is 18.0 Å². The summed E-state index contributed by atoms with van der Waals surface area (Å²) in [6, 6.07) is 9.84. The molecule has 2 heterocycles. The number of nitrogens with zero attached hydrogens (tertiary/aromatic N) is 3. The molecular formula is C24H28F3N3OS. The van der Waals surface area contributed by atoms with Crippen molar-refractivity contribution in [3.63, 3.8) is 0 Å². The summed E-state index contributed by atoms with van der Waals surface area (Å²) in [5.41, 5.74) is 0.0446. The van der Waals surface area contributed by atoms with Gasteiger partial charge in [0.2, 0.25) is 5.91 Å². The van der Waals surface area contributed by atoms with Crippen LogP contribution in [0.5, 0.6) is 0 Å². The predicted molar refractivity (Wildman–Crippen MR) is 119 cm³/mol. The van der Waals surface area contributed by atoms with E-state index in [2.05, 4.69) is 30.7 Å². The molecule has 1 saturated carbocycles. The summed E-state index contributed by atoms with van der Waals surface area (Å²) >= 11 is 0.997. The molecule has 172 valence electrons. The first-order valence-corrected chi connectivity index (χ1v) is 11.7. The summed E-state index contributed by atoms with van der Waals surface area (Å²) in [6.07, 6.45) is -1.60. The van der Waals surface area contributed by atoms with E-state index in [1.807, 2.05) is 4.90 Å². The fraction of sp³-hybridized carbons (Fsp3) is 0.542. The molecule has 1 amide bonds. The van der Waals surface area contributed by atoms with Crippen molar-refractivity contribution in [2.45, 2.75) is 69.6 Å². The van der Waals surface area contributed by atoms with E-state index < -0.39 is 17.1 Å². The van der Waals surface area contributed by atoms with Crippen LogP contribution in [0.4, 0.5) is 13.2 Å². The molecule has 1 aliphatic heterocycles. The molecule has 3 unspecified atom stereocenters. The van der Waals surface area contributed by atoms with E-state index in [4.69, 9.17) is 0 Å². The van der Waals surface area contributed by atoms with Gasteiger partial charge in [-0.3, -0.25) is 4.79 Å². The van der Waals surface area contributed by atoms with Crippen LogP contribution in [0.15, 0.2) is 41.6 Å². The zero-order valence-corrected chi connectivity index (χ0v) is 19.6. The molecule has 3 atom stereocenters. The topological polar surface area (TPSA) is 46.1 Å². The van der Waals surface area contributed by atoms with Crippen LogP contribution in [-0.4, -0.2) is 38.6 Å². The normalized spacial score (nSPS) is 25.6. The number of likely N-dealkylation sites (tertiary alicyclic amines) is 1. The Morgan fingerprint density at radius 2 is 1.84 bits per heavy atom. The van der Waals surface area contributed by atoms with E-state index in [0.29, 0.717) is 12.1 Å². The highest BCUT2D eigenvalue weighted by Gasteiger charge is 2.51. The number of thioether (sulfide) groups is 1. The van der Waals surface area contributed by atoms with Gasteiger partial charge in [-0.15, -0.1) is 0 Å². The monoisotopic (exact) mass is 463 g/mol. The molecule has 2 aromatic rings. The number of alkyl halides is 3. The van der Waals surface area contributed by atoms with Crippen molar-refractivity contribution in [1.29, 1.82) is 0 Å². The Bertz CT molecular complexity index is 1010. The largest absolute Gasteiger partial charge is 0.433 e. The minimum Gasteiger partial charge on any atom is -0.338 e. The number of halogens is 3. The van der Waals surface area contributed by atoms with Crippen molar-refractivity contribution >= 4 is 17.7 Å². The van der Waals surface area contributed by atoms with Gasteiger partial charge in [0.1, 0.15) is 5.69 Å². The lowest BCUT2D eigenvalue weighted by molar-refractivity contribution is -0.141. The highest BCUT2D eigenvalue weighted by atomic mass is 32.2. The molecule has 0 N–H and O–H groups in total. The zero-order chi connectivity index (χ0) is 23.3. The molecular weight excluding hydrogens is 435 g/mol. The van der Waals surface area contributed by atoms with Gasteiger partial charge in [-0.1, -0.05) is 62.9 Å². The Hall–Kier alpha value is -2.09. The Morgan fingerprint density at radius 3 is 2.50 bits per heavy atom. The highest BCUT2D eigenvalue weighted by molar-refractivity contribution is 8.00. The van der Waals surface area contributed by atoms with E-state index in [1.165, 1.54) is 0 Å². The molecule has 0 spiro atoms. The molecule has 32 heavy (non-hydrogen) atoms. The third-order valence-corrected chi connectivity index (χ3v) is 7.34. The first-order chi connectivity index (χ1) is 14.9. The van der Waals surface area contributed by atoms with Crippen LogP contribution in [-0.2, 0) is 11.0 Å². The molecule has 4 rings (SSSR count). The van der Waals surface area contributed by atoms with Gasteiger partial charge in [0.15, 0.2) is 5.16 Å². The van der Waals surface area contributed by atoms with Gasteiger partial charge >= 0.3 is 6.18 Å². The van der Waals surface area contributed by atoms with Crippen LogP contribution in [0.25, 0.3) is 11.3 Å². The average Bonchev–Trinajstić information content (AvgIpc) is 2.95. The van der Waals surface area contributed by atoms with Crippen LogP contribution < -0.4 is 0 Å². The Morgan fingerprint density at radius 1 is 1.16 bits per heavy atom. The van der Waals surface area contributed by atoms with Gasteiger partial charge in [0, 0.05) is 18.2 Å². The Balaban J connectivity index is 1.58. The number of carbonyl (C=O) groups excluding carboxylic acids is 1. The maximum Gasteiger partial charge on any atom is 0.433 e. The van der Waals surface area contributed by atoms with E-state index >= 15 is 0 Å². The second kappa shape index (κ2) is 8.04. The third-order valence-electron chi connectivity index (χ3n) is 6.39. The Kier molecular flexibility index (Phi) is 5.80. The van der Waals surface area contributed by atoms with Crippen molar-refractivity contribution in [2.75, 3.05) is 6.54 Å².